The third kappa shape index (κ3) is 4.11. The fourth-order valence-electron chi connectivity index (χ4n) is 2.35. The van der Waals surface area contributed by atoms with E-state index in [4.69, 9.17) is 0 Å². The van der Waals surface area contributed by atoms with E-state index in [9.17, 15) is 19.5 Å². The number of ether oxygens (including phenoxy) is 1. The van der Waals surface area contributed by atoms with E-state index in [0.29, 0.717) is 12.8 Å². The maximum Gasteiger partial charge on any atom is 0.329 e. The highest BCUT2D eigenvalue weighted by atomic mass is 16.5. The van der Waals surface area contributed by atoms with E-state index in [-0.39, 0.29) is 6.54 Å². The highest BCUT2D eigenvalue weighted by Gasteiger charge is 2.40. The highest BCUT2D eigenvalue weighted by molar-refractivity contribution is 5.87. The summed E-state index contributed by atoms with van der Waals surface area (Å²) in [6, 6.07) is -0.570. The van der Waals surface area contributed by atoms with Crippen LogP contribution in [0, 0.1) is 0 Å². The van der Waals surface area contributed by atoms with Gasteiger partial charge < -0.3 is 20.1 Å². The fourth-order valence-corrected chi connectivity index (χ4v) is 2.35. The number of nitrogens with zero attached hydrogens (tertiary/aromatic N) is 1. The number of rotatable bonds is 4. The van der Waals surface area contributed by atoms with Crippen LogP contribution in [0.4, 0.5) is 4.79 Å². The maximum atomic E-state index is 12.0. The molecule has 1 rings (SSSR count). The zero-order chi connectivity index (χ0) is 15.2. The van der Waals surface area contributed by atoms with E-state index in [1.54, 1.807) is 0 Å². The number of aliphatic carboxylic acids is 1. The Labute approximate surface area is 118 Å². The Balaban J connectivity index is 2.72. The minimum atomic E-state index is -1.22. The van der Waals surface area contributed by atoms with E-state index in [0.717, 1.165) is 30.6 Å². The quantitative estimate of drug-likeness (QED) is 0.593. The standard InChI is InChI=1S/C13H22N2O5/c1-15(9-10(16)20-2)12(19)14-13(11(17)18)7-5-3-4-6-8-13/h3-9H2,1-2H3,(H,14,19)(H,17,18). The number of carboxylic acid groups (broad SMARTS) is 1. The van der Waals surface area contributed by atoms with Gasteiger partial charge in [0.05, 0.1) is 7.11 Å². The highest BCUT2D eigenvalue weighted by Crippen LogP contribution is 2.27. The van der Waals surface area contributed by atoms with Crippen LogP contribution in [0.25, 0.3) is 0 Å². The molecule has 1 aliphatic carbocycles. The van der Waals surface area contributed by atoms with Crippen LogP contribution in [-0.4, -0.2) is 54.2 Å². The molecule has 114 valence electrons. The Bertz CT molecular complexity index is 375. The number of carbonyl (C=O) groups is 3. The van der Waals surface area contributed by atoms with Gasteiger partial charge in [0.2, 0.25) is 0 Å². The van der Waals surface area contributed by atoms with E-state index in [1.165, 1.54) is 14.2 Å². The van der Waals surface area contributed by atoms with Crippen molar-refractivity contribution in [2.45, 2.75) is 44.1 Å². The van der Waals surface area contributed by atoms with E-state index in [1.807, 2.05) is 0 Å². The average molecular weight is 286 g/mol. The molecule has 20 heavy (non-hydrogen) atoms. The molecule has 0 aromatic carbocycles. The first kappa shape index (κ1) is 16.3. The Morgan fingerprint density at radius 3 is 2.20 bits per heavy atom. The average Bonchev–Trinajstić information content (AvgIpc) is 2.65. The van der Waals surface area contributed by atoms with Crippen LogP contribution >= 0.6 is 0 Å². The van der Waals surface area contributed by atoms with Crippen LogP contribution in [0.2, 0.25) is 0 Å². The van der Waals surface area contributed by atoms with Crippen LogP contribution in [0.3, 0.4) is 0 Å². The first-order valence-corrected chi connectivity index (χ1v) is 6.75. The lowest BCUT2D eigenvalue weighted by Gasteiger charge is -2.31. The van der Waals surface area contributed by atoms with E-state index >= 15 is 0 Å². The molecule has 0 radical (unpaired) electrons. The molecule has 2 amide bonds. The number of urea groups is 1. The maximum absolute atomic E-state index is 12.0. The van der Waals surface area contributed by atoms with Gasteiger partial charge in [0.15, 0.2) is 0 Å². The Hall–Kier alpha value is -1.79. The summed E-state index contributed by atoms with van der Waals surface area (Å²) in [6.07, 6.45) is 4.33. The van der Waals surface area contributed by atoms with Crippen molar-refractivity contribution in [2.75, 3.05) is 20.7 Å². The van der Waals surface area contributed by atoms with Crippen LogP contribution in [0.15, 0.2) is 0 Å². The summed E-state index contributed by atoms with van der Waals surface area (Å²) < 4.78 is 4.48. The third-order valence-electron chi connectivity index (χ3n) is 3.65. The predicted octanol–water partition coefficient (Wildman–Crippen LogP) is 0.978. The monoisotopic (exact) mass is 286 g/mol. The van der Waals surface area contributed by atoms with E-state index in [2.05, 4.69) is 10.1 Å². The topological polar surface area (TPSA) is 95.9 Å². The number of esters is 1. The second-order valence-electron chi connectivity index (χ2n) is 5.16. The largest absolute Gasteiger partial charge is 0.480 e. The van der Waals surface area contributed by atoms with Crippen LogP contribution in [0.5, 0.6) is 0 Å². The molecule has 1 saturated carbocycles. The summed E-state index contributed by atoms with van der Waals surface area (Å²) in [7, 11) is 2.66. The molecule has 0 bridgehead atoms. The van der Waals surface area contributed by atoms with E-state index < -0.39 is 23.5 Å². The molecular weight excluding hydrogens is 264 g/mol. The molecule has 0 atom stereocenters. The molecule has 1 fully saturated rings. The lowest BCUT2D eigenvalue weighted by Crippen LogP contribution is -2.57. The molecule has 0 unspecified atom stereocenters. The van der Waals surface area contributed by atoms with Gasteiger partial charge in [0.25, 0.3) is 0 Å². The first-order chi connectivity index (χ1) is 9.41. The Morgan fingerprint density at radius 1 is 1.20 bits per heavy atom. The molecule has 7 heteroatoms. The summed E-state index contributed by atoms with van der Waals surface area (Å²) in [4.78, 5) is 35.8. The molecule has 0 aromatic rings. The van der Waals surface area contributed by atoms with Gasteiger partial charge in [-0.1, -0.05) is 25.7 Å². The molecule has 0 aliphatic heterocycles. The summed E-state index contributed by atoms with van der Waals surface area (Å²) >= 11 is 0. The molecule has 1 aliphatic rings. The fraction of sp³-hybridized carbons (Fsp3) is 0.769. The van der Waals surface area contributed by atoms with Gasteiger partial charge in [-0.15, -0.1) is 0 Å². The number of nitrogens with one attached hydrogen (secondary N) is 1. The van der Waals surface area contributed by atoms with Gasteiger partial charge in [-0.25, -0.2) is 9.59 Å². The molecule has 0 heterocycles. The van der Waals surface area contributed by atoms with Crippen molar-refractivity contribution < 1.29 is 24.2 Å². The third-order valence-corrected chi connectivity index (χ3v) is 3.65. The van der Waals surface area contributed by atoms with Crippen molar-refractivity contribution in [3.05, 3.63) is 0 Å². The van der Waals surface area contributed by atoms with Crippen LogP contribution < -0.4 is 5.32 Å². The first-order valence-electron chi connectivity index (χ1n) is 6.75. The number of methoxy groups -OCH3 is 1. The van der Waals surface area contributed by atoms with Gasteiger partial charge >= 0.3 is 18.0 Å². The minimum Gasteiger partial charge on any atom is -0.480 e. The van der Waals surface area contributed by atoms with Gasteiger partial charge in [0.1, 0.15) is 12.1 Å². The van der Waals surface area contributed by atoms with Crippen molar-refractivity contribution in [2.24, 2.45) is 0 Å². The van der Waals surface area contributed by atoms with Crippen molar-refractivity contribution >= 4 is 18.0 Å². The SMILES string of the molecule is COC(=O)CN(C)C(=O)NC1(C(=O)O)CCCCCC1. The molecule has 0 saturated heterocycles. The molecule has 2 N–H and O–H groups in total. The van der Waals surface area contributed by atoms with Gasteiger partial charge in [-0.3, -0.25) is 4.79 Å². The Kier molecular flexibility index (Phi) is 5.79. The zero-order valence-corrected chi connectivity index (χ0v) is 12.0. The number of hydrogen-bond donors (Lipinski definition) is 2. The van der Waals surface area contributed by atoms with Gasteiger partial charge in [0, 0.05) is 7.05 Å². The number of hydrogen-bond acceptors (Lipinski definition) is 4. The number of carbonyl (C=O) groups excluding carboxylic acids is 2. The Morgan fingerprint density at radius 2 is 1.75 bits per heavy atom. The second-order valence-corrected chi connectivity index (χ2v) is 5.16. The van der Waals surface area contributed by atoms with Crippen LogP contribution in [-0.2, 0) is 14.3 Å². The van der Waals surface area contributed by atoms with Crippen LogP contribution in [0.1, 0.15) is 38.5 Å². The number of likely N-dealkylation sites (N-methyl/N-ethyl adjacent to an activating group) is 1. The molecule has 7 nitrogen and oxygen atoms in total. The predicted molar refractivity (Wildman–Crippen MR) is 71.2 cm³/mol. The van der Waals surface area contributed by atoms with Crippen molar-refractivity contribution in [1.29, 1.82) is 0 Å². The smallest absolute Gasteiger partial charge is 0.329 e. The van der Waals surface area contributed by atoms with Crippen molar-refractivity contribution in [1.82, 2.24) is 10.2 Å². The summed E-state index contributed by atoms with van der Waals surface area (Å²) in [5.41, 5.74) is -1.22. The lowest BCUT2D eigenvalue weighted by molar-refractivity contribution is -0.145. The molecular formula is C13H22N2O5. The molecule has 0 spiro atoms. The number of amides is 2. The van der Waals surface area contributed by atoms with Gasteiger partial charge in [-0.2, -0.15) is 0 Å². The summed E-state index contributed by atoms with van der Waals surface area (Å²) in [6.45, 7) is -0.210. The van der Waals surface area contributed by atoms with Gasteiger partial charge in [-0.05, 0) is 12.8 Å². The lowest BCUT2D eigenvalue weighted by atomic mass is 9.90. The molecule has 0 aromatic heterocycles. The zero-order valence-electron chi connectivity index (χ0n) is 12.0. The normalized spacial score (nSPS) is 17.7. The van der Waals surface area contributed by atoms with Crippen molar-refractivity contribution in [3.8, 4) is 0 Å². The summed E-state index contributed by atoms with van der Waals surface area (Å²) in [5, 5.41) is 12.0. The minimum absolute atomic E-state index is 0.210. The summed E-state index contributed by atoms with van der Waals surface area (Å²) in [5.74, 6) is -1.56. The number of carboxylic acids is 1. The second kappa shape index (κ2) is 7.12. The van der Waals surface area contributed by atoms with Crippen molar-refractivity contribution in [3.63, 3.8) is 0 Å².